The second-order valence-corrected chi connectivity index (χ2v) is 6.17. The molecule has 0 atom stereocenters. The lowest BCUT2D eigenvalue weighted by molar-refractivity contribution is 0.307. The number of nitrogens with one attached hydrogen (secondary N) is 1. The monoisotopic (exact) mass is 291 g/mol. The molecule has 2 aliphatic rings. The third-order valence-electron chi connectivity index (χ3n) is 4.63. The van der Waals surface area contributed by atoms with Crippen molar-refractivity contribution in [1.29, 1.82) is 0 Å². The standard InChI is InChI=1S/C20H21NO/c1-14-6-7-17-16(12-14)13-22-19-5-3-2-4-18(19)20(17)15-8-10-21-11-9-15/h2-7,12,21H,8-11,13H2,1H3. The number of benzene rings is 2. The Morgan fingerprint density at radius 2 is 1.77 bits per heavy atom. The van der Waals surface area contributed by atoms with Crippen LogP contribution in [0.4, 0.5) is 0 Å². The van der Waals surface area contributed by atoms with E-state index in [1.54, 1.807) is 5.57 Å². The van der Waals surface area contributed by atoms with E-state index in [-0.39, 0.29) is 0 Å². The molecule has 1 saturated heterocycles. The fraction of sp³-hybridized carbons (Fsp3) is 0.300. The zero-order valence-electron chi connectivity index (χ0n) is 13.0. The van der Waals surface area contributed by atoms with Crippen LogP contribution < -0.4 is 10.1 Å². The lowest BCUT2D eigenvalue weighted by atomic mass is 9.86. The molecule has 112 valence electrons. The van der Waals surface area contributed by atoms with Crippen LogP contribution >= 0.6 is 0 Å². The molecule has 0 saturated carbocycles. The average Bonchev–Trinajstić information content (AvgIpc) is 2.72. The van der Waals surface area contributed by atoms with Gasteiger partial charge in [-0.15, -0.1) is 0 Å². The second-order valence-electron chi connectivity index (χ2n) is 6.17. The largest absolute Gasteiger partial charge is 0.488 e. The summed E-state index contributed by atoms with van der Waals surface area (Å²) in [5.41, 5.74) is 8.17. The molecule has 0 radical (unpaired) electrons. The summed E-state index contributed by atoms with van der Waals surface area (Å²) in [6, 6.07) is 15.2. The van der Waals surface area contributed by atoms with Crippen molar-refractivity contribution in [3.63, 3.8) is 0 Å². The molecule has 0 unspecified atom stereocenters. The first-order valence-corrected chi connectivity index (χ1v) is 8.08. The Morgan fingerprint density at radius 3 is 2.64 bits per heavy atom. The van der Waals surface area contributed by atoms with Crippen molar-refractivity contribution >= 4 is 5.57 Å². The van der Waals surface area contributed by atoms with E-state index in [1.807, 2.05) is 0 Å². The molecule has 2 nitrogen and oxygen atoms in total. The molecule has 2 aromatic carbocycles. The summed E-state index contributed by atoms with van der Waals surface area (Å²) in [5.74, 6) is 1.01. The van der Waals surface area contributed by atoms with Gasteiger partial charge in [-0.3, -0.25) is 0 Å². The smallest absolute Gasteiger partial charge is 0.127 e. The maximum absolute atomic E-state index is 6.10. The molecule has 4 rings (SSSR count). The second kappa shape index (κ2) is 5.62. The summed E-state index contributed by atoms with van der Waals surface area (Å²) < 4.78 is 6.10. The normalized spacial score (nSPS) is 17.3. The highest BCUT2D eigenvalue weighted by atomic mass is 16.5. The zero-order chi connectivity index (χ0) is 14.9. The third kappa shape index (κ3) is 2.34. The van der Waals surface area contributed by atoms with Gasteiger partial charge in [0.2, 0.25) is 0 Å². The van der Waals surface area contributed by atoms with Gasteiger partial charge in [-0.1, -0.05) is 47.5 Å². The van der Waals surface area contributed by atoms with Gasteiger partial charge in [0.05, 0.1) is 0 Å². The Hall–Kier alpha value is -2.06. The number of rotatable bonds is 0. The van der Waals surface area contributed by atoms with Gasteiger partial charge in [-0.05, 0) is 55.6 Å². The molecule has 2 aromatic rings. The quantitative estimate of drug-likeness (QED) is 0.790. The maximum Gasteiger partial charge on any atom is 0.127 e. The van der Waals surface area contributed by atoms with E-state index in [2.05, 4.69) is 54.7 Å². The van der Waals surface area contributed by atoms with Gasteiger partial charge in [0.25, 0.3) is 0 Å². The fourth-order valence-electron chi connectivity index (χ4n) is 3.54. The van der Waals surface area contributed by atoms with E-state index in [0.717, 1.165) is 31.7 Å². The van der Waals surface area contributed by atoms with Gasteiger partial charge in [0.15, 0.2) is 0 Å². The zero-order valence-corrected chi connectivity index (χ0v) is 13.0. The molecule has 1 N–H and O–H groups in total. The number of ether oxygens (including phenoxy) is 1. The van der Waals surface area contributed by atoms with Crippen molar-refractivity contribution < 1.29 is 4.74 Å². The summed E-state index contributed by atoms with van der Waals surface area (Å²) in [7, 11) is 0. The number of para-hydroxylation sites is 1. The fourth-order valence-corrected chi connectivity index (χ4v) is 3.54. The summed E-state index contributed by atoms with van der Waals surface area (Å²) in [6.45, 7) is 4.95. The molecule has 2 heteroatoms. The van der Waals surface area contributed by atoms with Gasteiger partial charge in [0.1, 0.15) is 12.4 Å². The van der Waals surface area contributed by atoms with Crippen molar-refractivity contribution in [3.8, 4) is 5.75 Å². The first-order chi connectivity index (χ1) is 10.8. The van der Waals surface area contributed by atoms with E-state index >= 15 is 0 Å². The summed E-state index contributed by atoms with van der Waals surface area (Å²) in [5, 5.41) is 3.46. The van der Waals surface area contributed by atoms with Gasteiger partial charge in [-0.2, -0.15) is 0 Å². The minimum Gasteiger partial charge on any atom is -0.488 e. The number of hydrogen-bond donors (Lipinski definition) is 1. The van der Waals surface area contributed by atoms with E-state index in [0.29, 0.717) is 6.61 Å². The van der Waals surface area contributed by atoms with E-state index in [9.17, 15) is 0 Å². The highest BCUT2D eigenvalue weighted by Crippen LogP contribution is 2.40. The summed E-state index contributed by atoms with van der Waals surface area (Å²) >= 11 is 0. The van der Waals surface area contributed by atoms with Crippen LogP contribution in [0, 0.1) is 6.92 Å². The predicted octanol–water partition coefficient (Wildman–Crippen LogP) is 4.07. The Bertz CT molecular complexity index is 737. The van der Waals surface area contributed by atoms with Crippen LogP contribution in [-0.2, 0) is 6.61 Å². The molecule has 2 heterocycles. The number of piperidine rings is 1. The molecule has 0 spiro atoms. The molecule has 2 aliphatic heterocycles. The molecular formula is C20H21NO. The highest BCUT2D eigenvalue weighted by molar-refractivity contribution is 5.87. The van der Waals surface area contributed by atoms with Crippen molar-refractivity contribution in [2.75, 3.05) is 13.1 Å². The SMILES string of the molecule is Cc1ccc2c(c1)COc1ccccc1C2=C1CCNCC1. The Kier molecular flexibility index (Phi) is 3.47. The van der Waals surface area contributed by atoms with Crippen LogP contribution in [0.25, 0.3) is 5.57 Å². The third-order valence-corrected chi connectivity index (χ3v) is 4.63. The average molecular weight is 291 g/mol. The minimum absolute atomic E-state index is 0.656. The molecule has 1 fully saturated rings. The molecule has 0 amide bonds. The molecular weight excluding hydrogens is 270 g/mol. The van der Waals surface area contributed by atoms with Gasteiger partial charge in [0, 0.05) is 5.56 Å². The maximum atomic E-state index is 6.10. The van der Waals surface area contributed by atoms with Gasteiger partial charge in [-0.25, -0.2) is 0 Å². The van der Waals surface area contributed by atoms with Crippen LogP contribution in [0.5, 0.6) is 5.75 Å². The highest BCUT2D eigenvalue weighted by Gasteiger charge is 2.22. The molecule has 0 aromatic heterocycles. The Balaban J connectivity index is 1.98. The summed E-state index contributed by atoms with van der Waals surface area (Å²) in [4.78, 5) is 0. The lowest BCUT2D eigenvalue weighted by Gasteiger charge is -2.21. The van der Waals surface area contributed by atoms with E-state index < -0.39 is 0 Å². The van der Waals surface area contributed by atoms with Crippen molar-refractivity contribution in [2.24, 2.45) is 0 Å². The number of fused-ring (bicyclic) bond motifs is 2. The minimum atomic E-state index is 0.656. The van der Waals surface area contributed by atoms with Crippen LogP contribution in [0.3, 0.4) is 0 Å². The van der Waals surface area contributed by atoms with Crippen LogP contribution in [0.2, 0.25) is 0 Å². The topological polar surface area (TPSA) is 21.3 Å². The first-order valence-electron chi connectivity index (χ1n) is 8.08. The summed E-state index contributed by atoms with van der Waals surface area (Å²) in [6.07, 6.45) is 2.24. The predicted molar refractivity (Wildman–Crippen MR) is 90.1 cm³/mol. The van der Waals surface area contributed by atoms with E-state index in [1.165, 1.54) is 27.8 Å². The van der Waals surface area contributed by atoms with E-state index in [4.69, 9.17) is 4.74 Å². The van der Waals surface area contributed by atoms with Crippen LogP contribution in [-0.4, -0.2) is 13.1 Å². The van der Waals surface area contributed by atoms with Crippen molar-refractivity contribution in [3.05, 3.63) is 70.3 Å². The van der Waals surface area contributed by atoms with Gasteiger partial charge >= 0.3 is 0 Å². The molecule has 0 aliphatic carbocycles. The lowest BCUT2D eigenvalue weighted by Crippen LogP contribution is -2.23. The van der Waals surface area contributed by atoms with Crippen molar-refractivity contribution in [2.45, 2.75) is 26.4 Å². The van der Waals surface area contributed by atoms with Crippen LogP contribution in [0.1, 0.15) is 35.1 Å². The molecule has 0 bridgehead atoms. The molecule has 22 heavy (non-hydrogen) atoms. The van der Waals surface area contributed by atoms with Gasteiger partial charge < -0.3 is 10.1 Å². The first kappa shape index (κ1) is 13.6. The number of aryl methyl sites for hydroxylation is 1. The Labute approximate surface area is 131 Å². The Morgan fingerprint density at radius 1 is 0.955 bits per heavy atom. The number of hydrogen-bond acceptors (Lipinski definition) is 2. The van der Waals surface area contributed by atoms with Crippen molar-refractivity contribution in [1.82, 2.24) is 5.32 Å². The van der Waals surface area contributed by atoms with Crippen LogP contribution in [0.15, 0.2) is 48.0 Å².